The summed E-state index contributed by atoms with van der Waals surface area (Å²) in [6.07, 6.45) is 4.71. The van der Waals surface area contributed by atoms with Crippen molar-refractivity contribution in [1.82, 2.24) is 9.55 Å². The minimum absolute atomic E-state index is 0.224. The lowest BCUT2D eigenvalue weighted by molar-refractivity contribution is 0.579. The number of halogens is 2. The molecule has 0 N–H and O–H groups in total. The molecule has 4 heteroatoms. The van der Waals surface area contributed by atoms with Crippen LogP contribution in [0.15, 0.2) is 18.2 Å². The summed E-state index contributed by atoms with van der Waals surface area (Å²) in [4.78, 5) is 4.44. The maximum atomic E-state index is 13.3. The molecule has 0 aliphatic carbocycles. The van der Waals surface area contributed by atoms with Crippen LogP contribution >= 0.6 is 11.6 Å². The minimum atomic E-state index is -0.224. The topological polar surface area (TPSA) is 17.8 Å². The molecule has 1 aromatic carbocycles. The Morgan fingerprint density at radius 3 is 2.83 bits per heavy atom. The van der Waals surface area contributed by atoms with Gasteiger partial charge in [0.2, 0.25) is 0 Å². The van der Waals surface area contributed by atoms with Crippen molar-refractivity contribution in [2.75, 3.05) is 0 Å². The number of fused-ring (bicyclic) bond motifs is 1. The molecular weight excluding hydrogens is 251 g/mol. The van der Waals surface area contributed by atoms with Crippen LogP contribution in [-0.4, -0.2) is 9.55 Å². The lowest BCUT2D eigenvalue weighted by Crippen LogP contribution is -2.02. The predicted molar refractivity (Wildman–Crippen MR) is 73.4 cm³/mol. The van der Waals surface area contributed by atoms with E-state index in [4.69, 9.17) is 11.6 Å². The number of alkyl halides is 1. The second-order valence-electron chi connectivity index (χ2n) is 4.51. The van der Waals surface area contributed by atoms with Crippen molar-refractivity contribution in [2.24, 2.45) is 0 Å². The Bertz CT molecular complexity index is 522. The van der Waals surface area contributed by atoms with E-state index in [-0.39, 0.29) is 5.82 Å². The first-order valence-corrected chi connectivity index (χ1v) is 7.00. The van der Waals surface area contributed by atoms with Crippen molar-refractivity contribution < 1.29 is 4.39 Å². The van der Waals surface area contributed by atoms with Gasteiger partial charge in [-0.3, -0.25) is 0 Å². The fraction of sp³-hybridized carbons (Fsp3) is 0.500. The largest absolute Gasteiger partial charge is 0.327 e. The van der Waals surface area contributed by atoms with E-state index in [2.05, 4.69) is 11.9 Å². The van der Waals surface area contributed by atoms with Gasteiger partial charge in [0.15, 0.2) is 0 Å². The van der Waals surface area contributed by atoms with Gasteiger partial charge in [0.1, 0.15) is 11.6 Å². The summed E-state index contributed by atoms with van der Waals surface area (Å²) in [5.74, 6) is 0.969. The monoisotopic (exact) mass is 268 g/mol. The molecule has 2 aromatic rings. The lowest BCUT2D eigenvalue weighted by Gasteiger charge is -2.07. The van der Waals surface area contributed by atoms with Gasteiger partial charge in [-0.15, -0.1) is 11.6 Å². The molecule has 0 aliphatic heterocycles. The zero-order chi connectivity index (χ0) is 13.0. The number of unbranched alkanes of at least 4 members (excludes halogenated alkanes) is 3. The number of aromatic nitrogens is 2. The Labute approximate surface area is 112 Å². The quantitative estimate of drug-likeness (QED) is 0.557. The molecule has 0 aliphatic rings. The Kier molecular flexibility index (Phi) is 4.59. The van der Waals surface area contributed by atoms with Gasteiger partial charge in [-0.25, -0.2) is 9.37 Å². The van der Waals surface area contributed by atoms with Crippen molar-refractivity contribution in [2.45, 2.75) is 45.0 Å². The summed E-state index contributed by atoms with van der Waals surface area (Å²) in [5, 5.41) is 0. The van der Waals surface area contributed by atoms with E-state index in [1.807, 2.05) is 4.57 Å². The van der Waals surface area contributed by atoms with Gasteiger partial charge < -0.3 is 4.57 Å². The van der Waals surface area contributed by atoms with Crippen LogP contribution in [0.2, 0.25) is 0 Å². The Morgan fingerprint density at radius 1 is 1.28 bits per heavy atom. The van der Waals surface area contributed by atoms with E-state index in [1.165, 1.54) is 31.4 Å². The molecule has 18 heavy (non-hydrogen) atoms. The van der Waals surface area contributed by atoms with E-state index in [0.717, 1.165) is 29.8 Å². The van der Waals surface area contributed by atoms with Crippen LogP contribution < -0.4 is 0 Å². The molecule has 0 amide bonds. The molecule has 0 atom stereocenters. The number of hydrogen-bond acceptors (Lipinski definition) is 1. The van der Waals surface area contributed by atoms with Crippen LogP contribution in [0.3, 0.4) is 0 Å². The molecule has 1 aromatic heterocycles. The molecule has 2 rings (SSSR count). The first-order chi connectivity index (χ1) is 8.76. The second kappa shape index (κ2) is 6.19. The van der Waals surface area contributed by atoms with Gasteiger partial charge >= 0.3 is 0 Å². The second-order valence-corrected chi connectivity index (χ2v) is 4.77. The highest BCUT2D eigenvalue weighted by atomic mass is 35.5. The number of nitrogens with zero attached hydrogens (tertiary/aromatic N) is 2. The standard InChI is InChI=1S/C14H18ClFN2/c1-2-3-4-5-8-18-13-9-11(16)6-7-12(13)17-14(18)10-15/h6-7,9H,2-5,8,10H2,1H3. The third-order valence-corrected chi connectivity index (χ3v) is 3.38. The maximum absolute atomic E-state index is 13.3. The van der Waals surface area contributed by atoms with Crippen LogP contribution in [0.1, 0.15) is 38.4 Å². The molecule has 0 saturated heterocycles. The predicted octanol–water partition coefficient (Wildman–Crippen LogP) is 4.49. The van der Waals surface area contributed by atoms with Gasteiger partial charge in [-0.05, 0) is 24.6 Å². The molecule has 0 spiro atoms. The molecule has 2 nitrogen and oxygen atoms in total. The Hall–Kier alpha value is -1.09. The zero-order valence-electron chi connectivity index (χ0n) is 10.6. The van der Waals surface area contributed by atoms with E-state index in [1.54, 1.807) is 6.07 Å². The van der Waals surface area contributed by atoms with Crippen molar-refractivity contribution in [3.05, 3.63) is 29.8 Å². The Morgan fingerprint density at radius 2 is 2.11 bits per heavy atom. The summed E-state index contributed by atoms with van der Waals surface area (Å²) in [5.41, 5.74) is 1.67. The van der Waals surface area contributed by atoms with Crippen molar-refractivity contribution >= 4 is 22.6 Å². The summed E-state index contributed by atoms with van der Waals surface area (Å²) in [6, 6.07) is 4.69. The van der Waals surface area contributed by atoms with Crippen molar-refractivity contribution in [3.63, 3.8) is 0 Å². The first-order valence-electron chi connectivity index (χ1n) is 6.47. The molecule has 0 saturated carbocycles. The van der Waals surface area contributed by atoms with E-state index in [9.17, 15) is 4.39 Å². The summed E-state index contributed by atoms with van der Waals surface area (Å²) >= 11 is 5.91. The van der Waals surface area contributed by atoms with E-state index >= 15 is 0 Å². The Balaban J connectivity index is 2.25. The van der Waals surface area contributed by atoms with Crippen LogP contribution in [0.4, 0.5) is 4.39 Å². The van der Waals surface area contributed by atoms with Gasteiger partial charge in [-0.1, -0.05) is 26.2 Å². The van der Waals surface area contributed by atoms with Crippen molar-refractivity contribution in [1.29, 1.82) is 0 Å². The third-order valence-electron chi connectivity index (χ3n) is 3.14. The number of rotatable bonds is 6. The molecule has 0 radical (unpaired) electrons. The van der Waals surface area contributed by atoms with Gasteiger partial charge in [0.05, 0.1) is 16.9 Å². The summed E-state index contributed by atoms with van der Waals surface area (Å²) in [7, 11) is 0. The number of imidazole rings is 1. The van der Waals surface area contributed by atoms with Crippen molar-refractivity contribution in [3.8, 4) is 0 Å². The highest BCUT2D eigenvalue weighted by Gasteiger charge is 2.10. The van der Waals surface area contributed by atoms with E-state index < -0.39 is 0 Å². The zero-order valence-corrected chi connectivity index (χ0v) is 11.4. The smallest absolute Gasteiger partial charge is 0.125 e. The average molecular weight is 269 g/mol. The van der Waals surface area contributed by atoms with Crippen LogP contribution in [-0.2, 0) is 12.4 Å². The lowest BCUT2D eigenvalue weighted by atomic mass is 10.2. The molecule has 0 bridgehead atoms. The highest BCUT2D eigenvalue weighted by Crippen LogP contribution is 2.20. The normalized spacial score (nSPS) is 11.3. The molecule has 1 heterocycles. The number of benzene rings is 1. The van der Waals surface area contributed by atoms with Crippen LogP contribution in [0.25, 0.3) is 11.0 Å². The van der Waals surface area contributed by atoms with Gasteiger partial charge in [0, 0.05) is 6.54 Å². The SMILES string of the molecule is CCCCCCn1c(CCl)nc2ccc(F)cc21. The molecular formula is C14H18ClFN2. The summed E-state index contributed by atoms with van der Waals surface area (Å²) < 4.78 is 15.3. The summed E-state index contributed by atoms with van der Waals surface area (Å²) in [6.45, 7) is 3.05. The van der Waals surface area contributed by atoms with Gasteiger partial charge in [-0.2, -0.15) is 0 Å². The van der Waals surface area contributed by atoms with Gasteiger partial charge in [0.25, 0.3) is 0 Å². The highest BCUT2D eigenvalue weighted by molar-refractivity contribution is 6.16. The minimum Gasteiger partial charge on any atom is -0.327 e. The fourth-order valence-corrected chi connectivity index (χ4v) is 2.40. The van der Waals surface area contributed by atoms with Crippen LogP contribution in [0, 0.1) is 5.82 Å². The molecule has 0 fully saturated rings. The van der Waals surface area contributed by atoms with E-state index in [0.29, 0.717) is 5.88 Å². The first kappa shape index (κ1) is 13.3. The maximum Gasteiger partial charge on any atom is 0.125 e. The fourth-order valence-electron chi connectivity index (χ4n) is 2.19. The molecule has 0 unspecified atom stereocenters. The number of aryl methyl sites for hydroxylation is 1. The third kappa shape index (κ3) is 2.83. The molecule has 98 valence electrons. The average Bonchev–Trinajstić information content (AvgIpc) is 2.72. The van der Waals surface area contributed by atoms with Crippen LogP contribution in [0.5, 0.6) is 0 Å². The number of hydrogen-bond donors (Lipinski definition) is 0.